The van der Waals surface area contributed by atoms with Crippen molar-refractivity contribution < 1.29 is 4.79 Å². The first-order valence-corrected chi connectivity index (χ1v) is 5.32. The van der Waals surface area contributed by atoms with Gasteiger partial charge in [-0.25, -0.2) is 9.67 Å². The van der Waals surface area contributed by atoms with E-state index in [1.54, 1.807) is 7.05 Å². The second kappa shape index (κ2) is 4.10. The molecule has 0 aliphatic heterocycles. The second-order valence-electron chi connectivity index (χ2n) is 4.10. The molecule has 0 unspecified atom stereocenters. The molecule has 1 aliphatic carbocycles. The average molecular weight is 208 g/mol. The van der Waals surface area contributed by atoms with Crippen LogP contribution in [0.2, 0.25) is 0 Å². The summed E-state index contributed by atoms with van der Waals surface area (Å²) in [7, 11) is 1.74. The van der Waals surface area contributed by atoms with Crippen molar-refractivity contribution in [3.05, 3.63) is 12.2 Å². The summed E-state index contributed by atoms with van der Waals surface area (Å²) in [6, 6.07) is 0. The first-order chi connectivity index (χ1) is 7.24. The van der Waals surface area contributed by atoms with E-state index < -0.39 is 0 Å². The first-order valence-electron chi connectivity index (χ1n) is 5.32. The molecule has 0 bridgehead atoms. The SMILES string of the molecule is Cn1ncnc1C(=O)[C@@H]1CCC[C@@H]1CN. The number of aryl methyl sites for hydroxylation is 1. The van der Waals surface area contributed by atoms with Gasteiger partial charge in [0.1, 0.15) is 6.33 Å². The monoisotopic (exact) mass is 208 g/mol. The molecule has 0 amide bonds. The summed E-state index contributed by atoms with van der Waals surface area (Å²) in [6.07, 6.45) is 4.51. The highest BCUT2D eigenvalue weighted by Gasteiger charge is 2.34. The molecule has 0 saturated heterocycles. The summed E-state index contributed by atoms with van der Waals surface area (Å²) in [5.74, 6) is 0.940. The fourth-order valence-electron chi connectivity index (χ4n) is 2.35. The van der Waals surface area contributed by atoms with Gasteiger partial charge in [-0.05, 0) is 25.3 Å². The Hall–Kier alpha value is -1.23. The van der Waals surface area contributed by atoms with Crippen LogP contribution in [0.3, 0.4) is 0 Å². The van der Waals surface area contributed by atoms with Gasteiger partial charge in [0, 0.05) is 13.0 Å². The van der Waals surface area contributed by atoms with Gasteiger partial charge in [-0.2, -0.15) is 5.10 Å². The molecular weight excluding hydrogens is 192 g/mol. The number of aromatic nitrogens is 3. The topological polar surface area (TPSA) is 73.8 Å². The van der Waals surface area contributed by atoms with E-state index in [1.165, 1.54) is 11.0 Å². The molecule has 0 radical (unpaired) electrons. The molecule has 1 heterocycles. The molecule has 15 heavy (non-hydrogen) atoms. The molecule has 2 atom stereocenters. The summed E-state index contributed by atoms with van der Waals surface area (Å²) in [5.41, 5.74) is 5.66. The Morgan fingerprint density at radius 1 is 1.67 bits per heavy atom. The molecule has 2 rings (SSSR count). The Labute approximate surface area is 88.7 Å². The first kappa shape index (κ1) is 10.3. The number of hydrogen-bond donors (Lipinski definition) is 1. The van der Waals surface area contributed by atoms with E-state index in [2.05, 4.69) is 10.1 Å². The molecule has 1 aromatic heterocycles. The van der Waals surface area contributed by atoms with Crippen LogP contribution in [-0.4, -0.2) is 27.1 Å². The molecule has 82 valence electrons. The Bertz CT molecular complexity index is 360. The number of hydrogen-bond acceptors (Lipinski definition) is 4. The highest BCUT2D eigenvalue weighted by Crippen LogP contribution is 2.32. The number of carbonyl (C=O) groups excluding carboxylic acids is 1. The molecule has 1 saturated carbocycles. The van der Waals surface area contributed by atoms with Gasteiger partial charge in [0.15, 0.2) is 5.82 Å². The summed E-state index contributed by atoms with van der Waals surface area (Å²) in [4.78, 5) is 16.1. The zero-order chi connectivity index (χ0) is 10.8. The lowest BCUT2D eigenvalue weighted by Gasteiger charge is -2.15. The second-order valence-corrected chi connectivity index (χ2v) is 4.10. The molecular formula is C10H16N4O. The Morgan fingerprint density at radius 3 is 3.07 bits per heavy atom. The van der Waals surface area contributed by atoms with Crippen molar-refractivity contribution in [2.75, 3.05) is 6.54 Å². The lowest BCUT2D eigenvalue weighted by molar-refractivity contribution is 0.0878. The molecule has 1 fully saturated rings. The smallest absolute Gasteiger partial charge is 0.203 e. The molecule has 2 N–H and O–H groups in total. The van der Waals surface area contributed by atoms with Gasteiger partial charge < -0.3 is 5.73 Å². The van der Waals surface area contributed by atoms with Crippen LogP contribution in [0, 0.1) is 11.8 Å². The third-order valence-electron chi connectivity index (χ3n) is 3.23. The van der Waals surface area contributed by atoms with Gasteiger partial charge in [-0.15, -0.1) is 0 Å². The highest BCUT2D eigenvalue weighted by atomic mass is 16.1. The molecule has 0 spiro atoms. The van der Waals surface area contributed by atoms with Crippen molar-refractivity contribution in [3.8, 4) is 0 Å². The van der Waals surface area contributed by atoms with E-state index >= 15 is 0 Å². The van der Waals surface area contributed by atoms with Crippen molar-refractivity contribution in [2.24, 2.45) is 24.6 Å². The van der Waals surface area contributed by atoms with Crippen LogP contribution in [0.1, 0.15) is 29.9 Å². The van der Waals surface area contributed by atoms with E-state index in [0.29, 0.717) is 18.3 Å². The van der Waals surface area contributed by atoms with E-state index in [1.807, 2.05) is 0 Å². The Kier molecular flexibility index (Phi) is 2.81. The van der Waals surface area contributed by atoms with E-state index in [-0.39, 0.29) is 11.7 Å². The van der Waals surface area contributed by atoms with Gasteiger partial charge in [-0.1, -0.05) is 6.42 Å². The molecule has 5 nitrogen and oxygen atoms in total. The standard InChI is InChI=1S/C10H16N4O/c1-14-10(12-6-13-14)9(15)8-4-2-3-7(8)5-11/h6-8H,2-5,11H2,1H3/t7-,8-/m1/s1. The van der Waals surface area contributed by atoms with Crippen molar-refractivity contribution in [1.82, 2.24) is 14.8 Å². The van der Waals surface area contributed by atoms with Gasteiger partial charge in [0.05, 0.1) is 0 Å². The fourth-order valence-corrected chi connectivity index (χ4v) is 2.35. The van der Waals surface area contributed by atoms with E-state index in [4.69, 9.17) is 5.73 Å². The maximum Gasteiger partial charge on any atom is 0.203 e. The van der Waals surface area contributed by atoms with E-state index in [9.17, 15) is 4.79 Å². The van der Waals surface area contributed by atoms with Crippen LogP contribution in [0.5, 0.6) is 0 Å². The lowest BCUT2D eigenvalue weighted by atomic mass is 9.91. The van der Waals surface area contributed by atoms with Crippen molar-refractivity contribution in [2.45, 2.75) is 19.3 Å². The zero-order valence-corrected chi connectivity index (χ0v) is 8.89. The molecule has 0 aromatic carbocycles. The third kappa shape index (κ3) is 1.79. The van der Waals surface area contributed by atoms with Crippen LogP contribution in [0.4, 0.5) is 0 Å². The predicted molar refractivity (Wildman–Crippen MR) is 55.2 cm³/mol. The number of ketones is 1. The lowest BCUT2D eigenvalue weighted by Crippen LogP contribution is -2.27. The number of Topliss-reactive ketones (excluding diaryl/α,β-unsaturated/α-hetero) is 1. The fraction of sp³-hybridized carbons (Fsp3) is 0.700. The zero-order valence-electron chi connectivity index (χ0n) is 8.89. The van der Waals surface area contributed by atoms with Crippen LogP contribution in [0.15, 0.2) is 6.33 Å². The van der Waals surface area contributed by atoms with Crippen LogP contribution in [-0.2, 0) is 7.05 Å². The maximum atomic E-state index is 12.1. The van der Waals surface area contributed by atoms with Crippen LogP contribution >= 0.6 is 0 Å². The minimum atomic E-state index is 0.0536. The number of carbonyl (C=O) groups is 1. The number of nitrogens with zero attached hydrogens (tertiary/aromatic N) is 3. The number of nitrogens with two attached hydrogens (primary N) is 1. The summed E-state index contributed by atoms with van der Waals surface area (Å²) >= 11 is 0. The average Bonchev–Trinajstić information content (AvgIpc) is 2.84. The molecule has 1 aliphatic rings. The minimum Gasteiger partial charge on any atom is -0.330 e. The highest BCUT2D eigenvalue weighted by molar-refractivity contribution is 5.94. The molecule has 5 heteroatoms. The van der Waals surface area contributed by atoms with Gasteiger partial charge in [0.25, 0.3) is 0 Å². The predicted octanol–water partition coefficient (Wildman–Crippen LogP) is 0.373. The normalized spacial score (nSPS) is 25.7. The van der Waals surface area contributed by atoms with Crippen LogP contribution in [0.25, 0.3) is 0 Å². The Balaban J connectivity index is 2.18. The van der Waals surface area contributed by atoms with Crippen LogP contribution < -0.4 is 5.73 Å². The summed E-state index contributed by atoms with van der Waals surface area (Å²) in [6.45, 7) is 0.592. The number of rotatable bonds is 3. The summed E-state index contributed by atoms with van der Waals surface area (Å²) < 4.78 is 1.54. The largest absolute Gasteiger partial charge is 0.330 e. The van der Waals surface area contributed by atoms with Gasteiger partial charge >= 0.3 is 0 Å². The van der Waals surface area contributed by atoms with Crippen molar-refractivity contribution in [1.29, 1.82) is 0 Å². The summed E-state index contributed by atoms with van der Waals surface area (Å²) in [5, 5.41) is 3.91. The van der Waals surface area contributed by atoms with Crippen molar-refractivity contribution in [3.63, 3.8) is 0 Å². The van der Waals surface area contributed by atoms with Gasteiger partial charge in [0.2, 0.25) is 5.78 Å². The van der Waals surface area contributed by atoms with Crippen molar-refractivity contribution >= 4 is 5.78 Å². The Morgan fingerprint density at radius 2 is 2.47 bits per heavy atom. The third-order valence-corrected chi connectivity index (χ3v) is 3.23. The minimum absolute atomic E-state index is 0.0536. The maximum absolute atomic E-state index is 12.1. The van der Waals surface area contributed by atoms with Gasteiger partial charge in [-0.3, -0.25) is 4.79 Å². The molecule has 1 aromatic rings. The van der Waals surface area contributed by atoms with E-state index in [0.717, 1.165) is 19.3 Å². The quantitative estimate of drug-likeness (QED) is 0.728.